The summed E-state index contributed by atoms with van der Waals surface area (Å²) in [6.45, 7) is 1.98. The highest BCUT2D eigenvalue weighted by Crippen LogP contribution is 2.25. The lowest BCUT2D eigenvalue weighted by atomic mass is 10.0. The molecule has 0 saturated carbocycles. The Hall–Kier alpha value is -1.11. The lowest BCUT2D eigenvalue weighted by Gasteiger charge is -2.18. The van der Waals surface area contributed by atoms with Crippen LogP contribution in [0.1, 0.15) is 28.9 Å². The van der Waals surface area contributed by atoms with Crippen molar-refractivity contribution in [2.24, 2.45) is 0 Å². The molecule has 0 radical (unpaired) electrons. The van der Waals surface area contributed by atoms with Gasteiger partial charge in [-0.2, -0.15) is 0 Å². The average Bonchev–Trinajstić information content (AvgIpc) is 2.37. The molecule has 0 aliphatic heterocycles. The number of aliphatic hydroxyl groups excluding tert-OH is 2. The topological polar surface area (TPSA) is 92.8 Å². The summed E-state index contributed by atoms with van der Waals surface area (Å²) in [4.78, 5) is 11.6. The maximum absolute atomic E-state index is 11.6. The molecular weight excluding hydrogens is 302 g/mol. The smallest absolute Gasteiger partial charge is 0.338 e. The van der Waals surface area contributed by atoms with Gasteiger partial charge in [-0.05, 0) is 25.1 Å². The number of esters is 1. The molecule has 5 nitrogen and oxygen atoms in total. The van der Waals surface area contributed by atoms with Crippen molar-refractivity contribution in [2.75, 3.05) is 17.7 Å². The summed E-state index contributed by atoms with van der Waals surface area (Å²) in [5.41, 5.74) is 6.64. The maximum atomic E-state index is 11.6. The van der Waals surface area contributed by atoms with E-state index in [4.69, 9.17) is 10.5 Å². The van der Waals surface area contributed by atoms with Crippen LogP contribution in [0.4, 0.5) is 5.69 Å². The number of alkyl halides is 1. The average molecular weight is 318 g/mol. The molecule has 0 fully saturated rings. The summed E-state index contributed by atoms with van der Waals surface area (Å²) in [5, 5.41) is 19.7. The third-order valence-electron chi connectivity index (χ3n) is 2.44. The molecule has 0 spiro atoms. The summed E-state index contributed by atoms with van der Waals surface area (Å²) >= 11 is 3.07. The molecule has 6 heteroatoms. The zero-order chi connectivity index (χ0) is 13.7. The summed E-state index contributed by atoms with van der Waals surface area (Å²) in [6.07, 6.45) is -2.15. The number of halogens is 1. The number of hydrogen-bond donors (Lipinski definition) is 3. The van der Waals surface area contributed by atoms with E-state index >= 15 is 0 Å². The van der Waals surface area contributed by atoms with Crippen molar-refractivity contribution < 1.29 is 19.7 Å². The van der Waals surface area contributed by atoms with Gasteiger partial charge in [-0.3, -0.25) is 0 Å². The van der Waals surface area contributed by atoms with Crippen molar-refractivity contribution in [1.29, 1.82) is 0 Å². The molecule has 0 bridgehead atoms. The molecule has 1 rings (SSSR count). The van der Waals surface area contributed by atoms with Crippen molar-refractivity contribution in [3.8, 4) is 0 Å². The monoisotopic (exact) mass is 317 g/mol. The van der Waals surface area contributed by atoms with Crippen LogP contribution in [-0.4, -0.2) is 34.2 Å². The van der Waals surface area contributed by atoms with E-state index in [0.717, 1.165) is 0 Å². The maximum Gasteiger partial charge on any atom is 0.338 e. The normalized spacial score (nSPS) is 14.0. The number of carbonyl (C=O) groups excluding carboxylic acids is 1. The first kappa shape index (κ1) is 14.9. The van der Waals surface area contributed by atoms with E-state index in [1.54, 1.807) is 6.92 Å². The Morgan fingerprint density at radius 2 is 2.17 bits per heavy atom. The van der Waals surface area contributed by atoms with Crippen molar-refractivity contribution in [3.63, 3.8) is 0 Å². The van der Waals surface area contributed by atoms with Crippen LogP contribution in [0.3, 0.4) is 0 Å². The van der Waals surface area contributed by atoms with Gasteiger partial charge in [0.15, 0.2) is 0 Å². The van der Waals surface area contributed by atoms with E-state index in [1.807, 2.05) is 0 Å². The molecule has 0 aromatic heterocycles. The zero-order valence-corrected chi connectivity index (χ0v) is 11.6. The van der Waals surface area contributed by atoms with E-state index < -0.39 is 18.2 Å². The molecule has 4 N–H and O–H groups in total. The lowest BCUT2D eigenvalue weighted by molar-refractivity contribution is 0.0345. The summed E-state index contributed by atoms with van der Waals surface area (Å²) in [5.74, 6) is -0.487. The first-order chi connectivity index (χ1) is 8.51. The number of anilines is 1. The largest absolute Gasteiger partial charge is 0.462 e. The van der Waals surface area contributed by atoms with E-state index in [2.05, 4.69) is 15.9 Å². The van der Waals surface area contributed by atoms with Gasteiger partial charge in [-0.1, -0.05) is 15.9 Å². The Morgan fingerprint density at radius 1 is 1.50 bits per heavy atom. The Kier molecular flexibility index (Phi) is 5.58. The minimum Gasteiger partial charge on any atom is -0.462 e. The number of carbonyl (C=O) groups is 1. The van der Waals surface area contributed by atoms with Gasteiger partial charge >= 0.3 is 5.97 Å². The van der Waals surface area contributed by atoms with E-state index in [1.165, 1.54) is 18.2 Å². The van der Waals surface area contributed by atoms with Gasteiger partial charge in [-0.15, -0.1) is 0 Å². The van der Waals surface area contributed by atoms with E-state index in [0.29, 0.717) is 16.8 Å². The third kappa shape index (κ3) is 3.44. The van der Waals surface area contributed by atoms with Gasteiger partial charge in [0.25, 0.3) is 0 Å². The van der Waals surface area contributed by atoms with Crippen LogP contribution in [0.15, 0.2) is 18.2 Å². The predicted octanol–water partition coefficient (Wildman–Crippen LogP) is 1.23. The molecule has 1 aromatic carbocycles. The summed E-state index contributed by atoms with van der Waals surface area (Å²) < 4.78 is 4.86. The van der Waals surface area contributed by atoms with E-state index in [9.17, 15) is 15.0 Å². The number of benzene rings is 1. The second-order valence-electron chi connectivity index (χ2n) is 3.73. The van der Waals surface area contributed by atoms with Crippen LogP contribution in [0, 0.1) is 0 Å². The SMILES string of the molecule is CCOC(=O)c1ccc(N)c(C(O)C(O)CBr)c1. The Morgan fingerprint density at radius 3 is 2.72 bits per heavy atom. The molecule has 0 saturated heterocycles. The first-order valence-corrected chi connectivity index (χ1v) is 6.62. The fourth-order valence-electron chi connectivity index (χ4n) is 1.46. The molecule has 0 heterocycles. The van der Waals surface area contributed by atoms with Crippen LogP contribution < -0.4 is 5.73 Å². The van der Waals surface area contributed by atoms with Crippen LogP contribution in [0.2, 0.25) is 0 Å². The zero-order valence-electron chi connectivity index (χ0n) is 9.97. The molecule has 0 aliphatic rings. The summed E-state index contributed by atoms with van der Waals surface area (Å²) in [6, 6.07) is 4.46. The van der Waals surface area contributed by atoms with Crippen LogP contribution in [-0.2, 0) is 4.74 Å². The predicted molar refractivity (Wildman–Crippen MR) is 71.6 cm³/mol. The number of aliphatic hydroxyl groups is 2. The molecule has 0 amide bonds. The number of ether oxygens (including phenoxy) is 1. The number of rotatable bonds is 5. The van der Waals surface area contributed by atoms with Crippen molar-refractivity contribution in [3.05, 3.63) is 29.3 Å². The van der Waals surface area contributed by atoms with Crippen LogP contribution in [0.25, 0.3) is 0 Å². The molecule has 2 atom stereocenters. The van der Waals surface area contributed by atoms with Gasteiger partial charge in [0.05, 0.1) is 18.3 Å². The highest BCUT2D eigenvalue weighted by Gasteiger charge is 2.21. The lowest BCUT2D eigenvalue weighted by Crippen LogP contribution is -2.21. The summed E-state index contributed by atoms with van der Waals surface area (Å²) in [7, 11) is 0. The van der Waals surface area contributed by atoms with Crippen LogP contribution >= 0.6 is 15.9 Å². The Bertz CT molecular complexity index is 425. The Labute approximate surface area is 114 Å². The fraction of sp³-hybridized carbons (Fsp3) is 0.417. The third-order valence-corrected chi connectivity index (χ3v) is 3.10. The number of hydrogen-bond acceptors (Lipinski definition) is 5. The van der Waals surface area contributed by atoms with Gasteiger partial charge < -0.3 is 20.7 Å². The first-order valence-electron chi connectivity index (χ1n) is 5.49. The van der Waals surface area contributed by atoms with Crippen molar-refractivity contribution >= 4 is 27.6 Å². The van der Waals surface area contributed by atoms with Crippen molar-refractivity contribution in [2.45, 2.75) is 19.1 Å². The van der Waals surface area contributed by atoms with Crippen LogP contribution in [0.5, 0.6) is 0 Å². The fourth-order valence-corrected chi connectivity index (χ4v) is 1.82. The van der Waals surface area contributed by atoms with Gasteiger partial charge in [0, 0.05) is 16.6 Å². The molecule has 0 aliphatic carbocycles. The minimum absolute atomic E-state index is 0.206. The van der Waals surface area contributed by atoms with Gasteiger partial charge in [-0.25, -0.2) is 4.79 Å². The van der Waals surface area contributed by atoms with Gasteiger partial charge in [0.2, 0.25) is 0 Å². The van der Waals surface area contributed by atoms with Gasteiger partial charge in [0.1, 0.15) is 6.10 Å². The second-order valence-corrected chi connectivity index (χ2v) is 4.38. The molecule has 2 unspecified atom stereocenters. The Balaban J connectivity index is 3.04. The molecule has 1 aromatic rings. The standard InChI is InChI=1S/C12H16BrNO4/c1-2-18-12(17)7-3-4-9(14)8(5-7)11(16)10(15)6-13/h3-5,10-11,15-16H,2,6,14H2,1H3. The highest BCUT2D eigenvalue weighted by atomic mass is 79.9. The number of nitrogens with two attached hydrogens (primary N) is 1. The van der Waals surface area contributed by atoms with Crippen molar-refractivity contribution in [1.82, 2.24) is 0 Å². The second kappa shape index (κ2) is 6.72. The minimum atomic E-state index is -1.15. The quantitative estimate of drug-likeness (QED) is 0.431. The highest BCUT2D eigenvalue weighted by molar-refractivity contribution is 9.09. The molecule has 100 valence electrons. The molecule has 18 heavy (non-hydrogen) atoms. The van der Waals surface area contributed by atoms with E-state index in [-0.39, 0.29) is 11.9 Å². The molecular formula is C12H16BrNO4. The number of nitrogen functional groups attached to an aromatic ring is 1.